The van der Waals surface area contributed by atoms with E-state index in [1.54, 1.807) is 43.4 Å². The Morgan fingerprint density at radius 2 is 1.83 bits per heavy atom. The molecule has 0 spiro atoms. The maximum Gasteiger partial charge on any atom is 0.122 e. The van der Waals surface area contributed by atoms with E-state index in [-0.39, 0.29) is 32.7 Å². The molecule has 0 amide bonds. The van der Waals surface area contributed by atoms with Gasteiger partial charge in [0.25, 0.3) is 0 Å². The van der Waals surface area contributed by atoms with E-state index in [4.69, 9.17) is 21.1 Å². The quantitative estimate of drug-likeness (QED) is 0.117. The molecule has 8 heteroatoms. The van der Waals surface area contributed by atoms with Gasteiger partial charge in [-0.15, -0.1) is 12.6 Å². The first-order valence-electron chi connectivity index (χ1n) is 23.2. The van der Waals surface area contributed by atoms with E-state index in [2.05, 4.69) is 113 Å². The van der Waals surface area contributed by atoms with Gasteiger partial charge in [0.2, 0.25) is 0 Å². The minimum Gasteiger partial charge on any atom is -0.546 e. The summed E-state index contributed by atoms with van der Waals surface area (Å²) in [6.45, 7) is 26.5. The molecule has 6 rings (SSSR count). The SMILES string of the molecule is C=C/C(=C\C(=C/C)NC)COc1cc(OC)c(Cl)cc1[CH2-].CC/C=C1\CC[CH-]CN1.CCC(C)C.CCc1c(CCCN2CCC(C)(F)C2)cccc1-c1cccc2c1CCC2.[Y]. The number of hydrogen-bond acceptors (Lipinski definition) is 5. The number of hydrogen-bond donors (Lipinski definition) is 2. The van der Waals surface area contributed by atoms with Crippen molar-refractivity contribution in [2.24, 2.45) is 5.92 Å². The van der Waals surface area contributed by atoms with Crippen LogP contribution < -0.4 is 20.1 Å². The van der Waals surface area contributed by atoms with Gasteiger partial charge >= 0.3 is 0 Å². The monoisotopic (exact) mass is 956 g/mol. The number of ether oxygens (including phenoxy) is 2. The zero-order valence-corrected chi connectivity index (χ0v) is 44.0. The van der Waals surface area contributed by atoms with Gasteiger partial charge in [0, 0.05) is 75.0 Å². The molecular weight excluding hydrogens is 878 g/mol. The first-order valence-corrected chi connectivity index (χ1v) is 23.6. The molecule has 2 aliphatic heterocycles. The van der Waals surface area contributed by atoms with Gasteiger partial charge < -0.3 is 31.4 Å². The Bertz CT molecular complexity index is 1910. The fraction of sp³-hybridized carbons (Fsp3) is 0.491. The third kappa shape index (κ3) is 19.2. The number of likely N-dealkylation sites (N-methyl/N-ethyl adjacent to an activating group) is 1. The third-order valence-electron chi connectivity index (χ3n) is 11.8. The van der Waals surface area contributed by atoms with Gasteiger partial charge in [0.05, 0.1) is 13.7 Å². The fourth-order valence-electron chi connectivity index (χ4n) is 7.87. The van der Waals surface area contributed by atoms with Crippen molar-refractivity contribution in [2.45, 2.75) is 125 Å². The summed E-state index contributed by atoms with van der Waals surface area (Å²) >= 11 is 6.03. The number of benzene rings is 3. The molecule has 1 aliphatic carbocycles. The molecule has 2 N–H and O–H groups in total. The summed E-state index contributed by atoms with van der Waals surface area (Å²) in [7, 11) is 3.43. The van der Waals surface area contributed by atoms with Gasteiger partial charge in [0.15, 0.2) is 0 Å². The zero-order valence-electron chi connectivity index (χ0n) is 40.4. The summed E-state index contributed by atoms with van der Waals surface area (Å²) in [5.41, 5.74) is 12.1. The predicted molar refractivity (Wildman–Crippen MR) is 266 cm³/mol. The van der Waals surface area contributed by atoms with Crippen LogP contribution in [0.25, 0.3) is 11.1 Å². The molecule has 3 aromatic rings. The second kappa shape index (κ2) is 30.2. The van der Waals surface area contributed by atoms with E-state index in [0.717, 1.165) is 62.5 Å². The first kappa shape index (κ1) is 56.1. The predicted octanol–water partition coefficient (Wildman–Crippen LogP) is 13.8. The number of rotatable bonds is 15. The first-order chi connectivity index (χ1) is 29.8. The van der Waals surface area contributed by atoms with Gasteiger partial charge in [-0.1, -0.05) is 114 Å². The molecule has 0 bridgehead atoms. The van der Waals surface area contributed by atoms with Crippen molar-refractivity contribution in [3.8, 4) is 22.6 Å². The van der Waals surface area contributed by atoms with Crippen molar-refractivity contribution in [2.75, 3.05) is 46.9 Å². The van der Waals surface area contributed by atoms with Gasteiger partial charge in [-0.3, -0.25) is 0 Å². The summed E-state index contributed by atoms with van der Waals surface area (Å²) in [5.74, 6) is 2.08. The Labute approximate surface area is 413 Å². The molecule has 1 radical (unpaired) electrons. The summed E-state index contributed by atoms with van der Waals surface area (Å²) in [4.78, 5) is 2.29. The van der Waals surface area contributed by atoms with Crippen LogP contribution in [0.1, 0.15) is 121 Å². The Hall–Kier alpha value is -3.03. The molecule has 5 nitrogen and oxygen atoms in total. The van der Waals surface area contributed by atoms with Crippen molar-refractivity contribution < 1.29 is 46.6 Å². The minimum atomic E-state index is -0.984. The molecule has 345 valence electrons. The summed E-state index contributed by atoms with van der Waals surface area (Å²) < 4.78 is 25.0. The normalized spacial score (nSPS) is 17.7. The van der Waals surface area contributed by atoms with Crippen LogP contribution in [0.15, 0.2) is 96.4 Å². The van der Waals surface area contributed by atoms with Crippen LogP contribution in [0.2, 0.25) is 5.02 Å². The molecule has 0 saturated carbocycles. The largest absolute Gasteiger partial charge is 0.546 e. The van der Waals surface area contributed by atoms with Crippen molar-refractivity contribution >= 4 is 11.6 Å². The molecule has 63 heavy (non-hydrogen) atoms. The molecule has 2 heterocycles. The number of piperidine rings is 1. The van der Waals surface area contributed by atoms with Gasteiger partial charge in [0.1, 0.15) is 11.4 Å². The van der Waals surface area contributed by atoms with E-state index < -0.39 is 5.67 Å². The standard InChI is InChI=1S/C25H32FN.C17H21ClNO2.C8H14N.C5H12.Y/c1-3-21-19(11-7-16-27-17-15-25(2,26)18-27)8-5-13-23(21)24-14-6-10-20-9-4-12-22(20)24;1-6-13(9-14(7-2)19-4)11-21-16-10-17(20-5)15(18)8-12(16)3;1-2-5-8-6-3-4-7-9-8;1-4-5(2)3;/h5-6,8,10,13-14H,3-4,7,9,11-12,15-18H2,1-2H3;6-10,19H,1,3,11H2,2,4-5H3;4-5,9H,2-3,6-7H2,1H3;5H,4H2,1-3H3;/q;2*-1;;/b;13-9+,14-7+;8-5+;;. The van der Waals surface area contributed by atoms with Crippen LogP contribution in [0, 0.1) is 19.3 Å². The Morgan fingerprint density at radius 1 is 1.10 bits per heavy atom. The maximum absolute atomic E-state index is 14.0. The molecule has 2 fully saturated rings. The topological polar surface area (TPSA) is 45.8 Å². The third-order valence-corrected chi connectivity index (χ3v) is 12.1. The smallest absolute Gasteiger partial charge is 0.122 e. The Morgan fingerprint density at radius 3 is 2.41 bits per heavy atom. The molecule has 0 aromatic heterocycles. The number of aryl methyl sites for hydroxylation is 2. The van der Waals surface area contributed by atoms with E-state index in [0.29, 0.717) is 41.7 Å². The van der Waals surface area contributed by atoms with Crippen LogP contribution in [-0.4, -0.2) is 57.5 Å². The van der Waals surface area contributed by atoms with Crippen LogP contribution in [-0.2, 0) is 58.4 Å². The van der Waals surface area contributed by atoms with E-state index in [9.17, 15) is 4.39 Å². The van der Waals surface area contributed by atoms with Crippen LogP contribution >= 0.6 is 11.6 Å². The number of nitrogens with one attached hydrogen (secondary N) is 2. The average molecular weight is 958 g/mol. The van der Waals surface area contributed by atoms with E-state index in [1.165, 1.54) is 66.5 Å². The van der Waals surface area contributed by atoms with Crippen molar-refractivity contribution in [3.63, 3.8) is 0 Å². The fourth-order valence-corrected chi connectivity index (χ4v) is 8.13. The zero-order chi connectivity index (χ0) is 45.5. The van der Waals surface area contributed by atoms with Crippen molar-refractivity contribution in [3.05, 3.63) is 143 Å². The molecule has 3 aliphatic rings. The van der Waals surface area contributed by atoms with Crippen molar-refractivity contribution in [1.82, 2.24) is 15.5 Å². The van der Waals surface area contributed by atoms with E-state index >= 15 is 0 Å². The average Bonchev–Trinajstić information content (AvgIpc) is 3.91. The summed E-state index contributed by atoms with van der Waals surface area (Å²) in [5, 5.41) is 6.92. The van der Waals surface area contributed by atoms with E-state index in [1.807, 2.05) is 26.1 Å². The molecule has 1 atom stereocenters. The van der Waals surface area contributed by atoms with Crippen LogP contribution in [0.4, 0.5) is 4.39 Å². The van der Waals surface area contributed by atoms with Crippen molar-refractivity contribution in [1.29, 1.82) is 0 Å². The van der Waals surface area contributed by atoms with Gasteiger partial charge in [-0.05, 0) is 135 Å². The number of likely N-dealkylation sites (tertiary alicyclic amines) is 1. The van der Waals surface area contributed by atoms with Crippen LogP contribution in [0.3, 0.4) is 0 Å². The maximum atomic E-state index is 14.0. The second-order valence-electron chi connectivity index (χ2n) is 17.1. The van der Waals surface area contributed by atoms with Gasteiger partial charge in [-0.25, -0.2) is 4.39 Å². The van der Waals surface area contributed by atoms with Gasteiger partial charge in [-0.2, -0.15) is 18.9 Å². The number of fused-ring (bicyclic) bond motifs is 1. The Balaban J connectivity index is 0.000000335. The number of allylic oxidation sites excluding steroid dienone is 4. The van der Waals surface area contributed by atoms with Crippen LogP contribution in [0.5, 0.6) is 11.5 Å². The Kier molecular flexibility index (Phi) is 26.9. The number of alkyl halides is 1. The summed E-state index contributed by atoms with van der Waals surface area (Å²) in [6.07, 6.45) is 22.9. The number of methoxy groups -OCH3 is 1. The second-order valence-corrected chi connectivity index (χ2v) is 17.5. The minimum absolute atomic E-state index is 0. The molecule has 3 aromatic carbocycles. The number of nitrogens with zero attached hydrogens (tertiary/aromatic N) is 1. The molecule has 2 saturated heterocycles. The number of halogens is 2. The molecular formula is C55H79ClFN3O2Y-2. The summed E-state index contributed by atoms with van der Waals surface area (Å²) in [6, 6.07) is 17.1. The molecule has 1 unspecified atom stereocenters.